The molecular weight excluding hydrogens is 218 g/mol. The maximum atomic E-state index is 11.9. The van der Waals surface area contributed by atoms with Crippen LogP contribution in [0.3, 0.4) is 0 Å². The number of benzene rings is 1. The number of ether oxygens (including phenoxy) is 1. The Morgan fingerprint density at radius 3 is 2.76 bits per heavy atom. The highest BCUT2D eigenvalue weighted by atomic mass is 16.5. The second-order valence-corrected chi connectivity index (χ2v) is 4.14. The molecule has 0 aliphatic carbocycles. The third kappa shape index (κ3) is 2.88. The van der Waals surface area contributed by atoms with Crippen molar-refractivity contribution >= 4 is 17.4 Å². The third-order valence-corrected chi connectivity index (χ3v) is 2.93. The summed E-state index contributed by atoms with van der Waals surface area (Å²) in [5.41, 5.74) is 7.01. The van der Waals surface area contributed by atoms with Crippen LogP contribution in [-0.2, 0) is 4.74 Å². The number of carbonyl (C=O) groups is 1. The van der Waals surface area contributed by atoms with Gasteiger partial charge in [-0.25, -0.2) is 4.79 Å². The average molecular weight is 235 g/mol. The van der Waals surface area contributed by atoms with Crippen molar-refractivity contribution in [2.24, 2.45) is 0 Å². The fourth-order valence-corrected chi connectivity index (χ4v) is 1.87. The fraction of sp³-hybridized carbons (Fsp3) is 0.417. The Balaban J connectivity index is 1.91. The monoisotopic (exact) mass is 235 g/mol. The molecule has 5 nitrogen and oxygen atoms in total. The molecule has 92 valence electrons. The Bertz CT molecular complexity index is 391. The molecule has 0 radical (unpaired) electrons. The van der Waals surface area contributed by atoms with Crippen LogP contribution >= 0.6 is 0 Å². The van der Waals surface area contributed by atoms with Crippen molar-refractivity contribution in [2.75, 3.05) is 31.2 Å². The number of methoxy groups -OCH3 is 1. The van der Waals surface area contributed by atoms with E-state index in [-0.39, 0.29) is 12.1 Å². The number of amides is 2. The van der Waals surface area contributed by atoms with E-state index in [2.05, 4.69) is 5.32 Å². The number of hydrogen-bond acceptors (Lipinski definition) is 3. The summed E-state index contributed by atoms with van der Waals surface area (Å²) in [7, 11) is 1.67. The highest BCUT2D eigenvalue weighted by Gasteiger charge is 2.25. The van der Waals surface area contributed by atoms with Crippen molar-refractivity contribution < 1.29 is 9.53 Å². The molecule has 5 heteroatoms. The van der Waals surface area contributed by atoms with E-state index in [9.17, 15) is 4.79 Å². The molecule has 1 aliphatic rings. The second-order valence-electron chi connectivity index (χ2n) is 4.14. The standard InChI is InChI=1S/C12H17N3O2/c1-17-11-6-7-15(8-11)12(16)14-10-4-2-9(13)3-5-10/h2-5,11H,6-8,13H2,1H3,(H,14,16). The number of nitrogens with zero attached hydrogens (tertiary/aromatic N) is 1. The number of nitrogen functional groups attached to an aromatic ring is 1. The van der Waals surface area contributed by atoms with Crippen molar-refractivity contribution in [1.82, 2.24) is 4.90 Å². The minimum absolute atomic E-state index is 0.0886. The lowest BCUT2D eigenvalue weighted by atomic mass is 10.3. The zero-order chi connectivity index (χ0) is 12.3. The van der Waals surface area contributed by atoms with Gasteiger partial charge in [-0.2, -0.15) is 0 Å². The second kappa shape index (κ2) is 5.05. The van der Waals surface area contributed by atoms with E-state index in [1.807, 2.05) is 0 Å². The summed E-state index contributed by atoms with van der Waals surface area (Å²) in [6.07, 6.45) is 1.05. The van der Waals surface area contributed by atoms with Crippen LogP contribution in [0.15, 0.2) is 24.3 Å². The molecule has 1 unspecified atom stereocenters. The summed E-state index contributed by atoms with van der Waals surface area (Å²) in [6, 6.07) is 7.01. The molecule has 1 saturated heterocycles. The predicted octanol–water partition coefficient (Wildman–Crippen LogP) is 1.52. The molecule has 1 aromatic carbocycles. The van der Waals surface area contributed by atoms with Gasteiger partial charge in [0, 0.05) is 31.6 Å². The Morgan fingerprint density at radius 2 is 2.18 bits per heavy atom. The van der Waals surface area contributed by atoms with Gasteiger partial charge in [0.15, 0.2) is 0 Å². The zero-order valence-corrected chi connectivity index (χ0v) is 9.85. The minimum atomic E-state index is -0.0886. The molecule has 0 spiro atoms. The quantitative estimate of drug-likeness (QED) is 0.764. The summed E-state index contributed by atoms with van der Waals surface area (Å²) < 4.78 is 5.22. The molecule has 1 fully saturated rings. The van der Waals surface area contributed by atoms with E-state index in [4.69, 9.17) is 10.5 Å². The summed E-state index contributed by atoms with van der Waals surface area (Å²) in [6.45, 7) is 1.39. The number of likely N-dealkylation sites (tertiary alicyclic amines) is 1. The highest BCUT2D eigenvalue weighted by molar-refractivity contribution is 5.89. The number of anilines is 2. The summed E-state index contributed by atoms with van der Waals surface area (Å²) >= 11 is 0. The molecule has 2 rings (SSSR count). The first-order chi connectivity index (χ1) is 8.19. The molecule has 1 aromatic rings. The maximum Gasteiger partial charge on any atom is 0.321 e. The fourth-order valence-electron chi connectivity index (χ4n) is 1.87. The number of nitrogens with one attached hydrogen (secondary N) is 1. The molecule has 0 bridgehead atoms. The summed E-state index contributed by atoms with van der Waals surface area (Å²) in [5.74, 6) is 0. The Labute approximate surface area is 101 Å². The zero-order valence-electron chi connectivity index (χ0n) is 9.85. The van der Waals surface area contributed by atoms with Gasteiger partial charge in [0.25, 0.3) is 0 Å². The molecule has 3 N–H and O–H groups in total. The SMILES string of the molecule is COC1CCN(C(=O)Nc2ccc(N)cc2)C1. The van der Waals surface area contributed by atoms with Crippen LogP contribution in [0.1, 0.15) is 6.42 Å². The molecule has 1 heterocycles. The van der Waals surface area contributed by atoms with E-state index >= 15 is 0 Å². The van der Waals surface area contributed by atoms with Crippen molar-refractivity contribution in [2.45, 2.75) is 12.5 Å². The van der Waals surface area contributed by atoms with Crippen LogP contribution in [0.25, 0.3) is 0 Å². The average Bonchev–Trinajstić information content (AvgIpc) is 2.81. The summed E-state index contributed by atoms with van der Waals surface area (Å²) in [4.78, 5) is 13.6. The van der Waals surface area contributed by atoms with Gasteiger partial charge in [-0.15, -0.1) is 0 Å². The van der Waals surface area contributed by atoms with Gasteiger partial charge in [0.1, 0.15) is 0 Å². The first-order valence-corrected chi connectivity index (χ1v) is 5.63. The van der Waals surface area contributed by atoms with Crippen molar-refractivity contribution in [1.29, 1.82) is 0 Å². The Morgan fingerprint density at radius 1 is 1.47 bits per heavy atom. The van der Waals surface area contributed by atoms with Crippen molar-refractivity contribution in [3.63, 3.8) is 0 Å². The minimum Gasteiger partial charge on any atom is -0.399 e. The number of hydrogen-bond donors (Lipinski definition) is 2. The van der Waals surface area contributed by atoms with Gasteiger partial charge < -0.3 is 20.7 Å². The maximum absolute atomic E-state index is 11.9. The first kappa shape index (κ1) is 11.7. The smallest absolute Gasteiger partial charge is 0.321 e. The van der Waals surface area contributed by atoms with Gasteiger partial charge in [-0.1, -0.05) is 0 Å². The molecule has 0 aromatic heterocycles. The molecule has 17 heavy (non-hydrogen) atoms. The lowest BCUT2D eigenvalue weighted by Gasteiger charge is -2.17. The normalized spacial score (nSPS) is 19.4. The summed E-state index contributed by atoms with van der Waals surface area (Å²) in [5, 5.41) is 2.83. The van der Waals surface area contributed by atoms with E-state index < -0.39 is 0 Å². The van der Waals surface area contributed by atoms with Gasteiger partial charge in [-0.05, 0) is 30.7 Å². The van der Waals surface area contributed by atoms with Crippen molar-refractivity contribution in [3.8, 4) is 0 Å². The van der Waals surface area contributed by atoms with Crippen LogP contribution in [0.4, 0.5) is 16.2 Å². The topological polar surface area (TPSA) is 67.6 Å². The van der Waals surface area contributed by atoms with Crippen molar-refractivity contribution in [3.05, 3.63) is 24.3 Å². The highest BCUT2D eigenvalue weighted by Crippen LogP contribution is 2.15. The van der Waals surface area contributed by atoms with Gasteiger partial charge >= 0.3 is 6.03 Å². The largest absolute Gasteiger partial charge is 0.399 e. The van der Waals surface area contributed by atoms with Gasteiger partial charge in [-0.3, -0.25) is 0 Å². The Hall–Kier alpha value is -1.75. The molecule has 1 aliphatic heterocycles. The number of carbonyl (C=O) groups excluding carboxylic acids is 1. The van der Waals surface area contributed by atoms with Crippen LogP contribution in [-0.4, -0.2) is 37.2 Å². The van der Waals surface area contributed by atoms with E-state index in [0.29, 0.717) is 12.2 Å². The molecular formula is C12H17N3O2. The number of rotatable bonds is 2. The van der Waals surface area contributed by atoms with Crippen LogP contribution in [0, 0.1) is 0 Å². The molecule has 2 amide bonds. The molecule has 0 saturated carbocycles. The predicted molar refractivity (Wildman–Crippen MR) is 66.9 cm³/mol. The van der Waals surface area contributed by atoms with Gasteiger partial charge in [0.2, 0.25) is 0 Å². The van der Waals surface area contributed by atoms with E-state index in [1.165, 1.54) is 0 Å². The number of nitrogens with two attached hydrogens (primary N) is 1. The van der Waals surface area contributed by atoms with Crippen LogP contribution in [0.2, 0.25) is 0 Å². The third-order valence-electron chi connectivity index (χ3n) is 2.93. The first-order valence-electron chi connectivity index (χ1n) is 5.63. The molecule has 1 atom stereocenters. The number of urea groups is 1. The van der Waals surface area contributed by atoms with Gasteiger partial charge in [0.05, 0.1) is 6.10 Å². The lowest BCUT2D eigenvalue weighted by Crippen LogP contribution is -2.33. The Kier molecular flexibility index (Phi) is 3.49. The van der Waals surface area contributed by atoms with Crippen LogP contribution < -0.4 is 11.1 Å². The lowest BCUT2D eigenvalue weighted by molar-refractivity contribution is 0.111. The van der Waals surface area contributed by atoms with E-state index in [0.717, 1.165) is 18.7 Å². The van der Waals surface area contributed by atoms with E-state index in [1.54, 1.807) is 36.3 Å². The van der Waals surface area contributed by atoms with Crippen LogP contribution in [0.5, 0.6) is 0 Å².